The van der Waals surface area contributed by atoms with Crippen LogP contribution in [0.4, 0.5) is 0 Å². The Morgan fingerprint density at radius 1 is 0.658 bits per heavy atom. The van der Waals surface area contributed by atoms with Crippen LogP contribution in [0.1, 0.15) is 0 Å². The standard InChI is InChI=1S/C33H21N3O.Au/c37-33-16-7-5-12-25(33)28-18-19-30(35-28)29-14-8-13-27(34-29)22-17-20-32-26(21-22)24-11-4-6-15-31(24)36(32)23-9-2-1-3-10-23;/h1-16,18-21H,(H-,34,35,37);/q-2;. The van der Waals surface area contributed by atoms with Gasteiger partial charge in [-0.05, 0) is 46.9 Å². The second kappa shape index (κ2) is 9.84. The second-order valence-electron chi connectivity index (χ2n) is 8.97. The minimum atomic E-state index is 0. The first-order valence-corrected chi connectivity index (χ1v) is 12.2. The molecule has 38 heavy (non-hydrogen) atoms. The molecular formula is C33H21AuN3O-2. The van der Waals surface area contributed by atoms with Crippen LogP contribution in [0.5, 0.6) is 5.75 Å². The van der Waals surface area contributed by atoms with Crippen molar-refractivity contribution in [3.05, 3.63) is 127 Å². The van der Waals surface area contributed by atoms with Gasteiger partial charge in [0.25, 0.3) is 0 Å². The minimum absolute atomic E-state index is 0. The molecule has 5 heteroatoms. The van der Waals surface area contributed by atoms with Gasteiger partial charge in [-0.3, -0.25) is 4.98 Å². The van der Waals surface area contributed by atoms with E-state index in [-0.39, 0.29) is 28.1 Å². The molecule has 0 aliphatic rings. The first-order valence-electron chi connectivity index (χ1n) is 12.2. The minimum Gasteiger partial charge on any atom is -0.656 e. The fourth-order valence-corrected chi connectivity index (χ4v) is 4.99. The van der Waals surface area contributed by atoms with Crippen LogP contribution in [-0.4, -0.2) is 14.7 Å². The first-order chi connectivity index (χ1) is 18.3. The number of hydrogen-bond acceptors (Lipinski definition) is 2. The third kappa shape index (κ3) is 4.05. The van der Waals surface area contributed by atoms with Crippen molar-refractivity contribution >= 4 is 21.8 Å². The summed E-state index contributed by atoms with van der Waals surface area (Å²) < 4.78 is 2.28. The molecule has 0 fully saturated rings. The van der Waals surface area contributed by atoms with E-state index in [4.69, 9.17) is 9.97 Å². The van der Waals surface area contributed by atoms with E-state index in [1.807, 2.05) is 48.5 Å². The zero-order valence-corrected chi connectivity index (χ0v) is 22.3. The number of rotatable bonds is 4. The van der Waals surface area contributed by atoms with E-state index in [0.717, 1.165) is 50.4 Å². The van der Waals surface area contributed by atoms with Crippen LogP contribution in [0, 0.1) is 6.07 Å². The van der Waals surface area contributed by atoms with Crippen molar-refractivity contribution < 1.29 is 27.5 Å². The summed E-state index contributed by atoms with van der Waals surface area (Å²) in [5, 5.41) is 12.6. The largest absolute Gasteiger partial charge is 0.656 e. The number of nitrogens with zero attached hydrogens (tertiary/aromatic N) is 3. The fourth-order valence-electron chi connectivity index (χ4n) is 4.99. The molecule has 1 N–H and O–H groups in total. The van der Waals surface area contributed by atoms with Crippen molar-refractivity contribution in [3.8, 4) is 45.3 Å². The summed E-state index contributed by atoms with van der Waals surface area (Å²) in [7, 11) is 0. The molecule has 0 atom stereocenters. The molecule has 0 spiro atoms. The Morgan fingerprint density at radius 2 is 1.39 bits per heavy atom. The normalized spacial score (nSPS) is 11.1. The van der Waals surface area contributed by atoms with Crippen molar-refractivity contribution in [1.29, 1.82) is 0 Å². The van der Waals surface area contributed by atoms with Gasteiger partial charge in [0.05, 0.1) is 0 Å². The van der Waals surface area contributed by atoms with Gasteiger partial charge in [0.1, 0.15) is 5.75 Å². The number of phenolic OH excluding ortho intramolecular Hbond substituents is 1. The van der Waals surface area contributed by atoms with Crippen molar-refractivity contribution in [1.82, 2.24) is 14.5 Å². The van der Waals surface area contributed by atoms with Crippen LogP contribution in [0.25, 0.3) is 61.4 Å². The zero-order valence-electron chi connectivity index (χ0n) is 20.1. The Labute approximate surface area is 235 Å². The zero-order chi connectivity index (χ0) is 24.8. The smallest absolute Gasteiger partial charge is 0.121 e. The molecule has 0 amide bonds. The van der Waals surface area contributed by atoms with Crippen molar-refractivity contribution in [2.75, 3.05) is 0 Å². The van der Waals surface area contributed by atoms with E-state index < -0.39 is 0 Å². The molecule has 3 heterocycles. The molecule has 0 bridgehead atoms. The van der Waals surface area contributed by atoms with E-state index in [1.54, 1.807) is 12.1 Å². The quantitative estimate of drug-likeness (QED) is 0.155. The number of pyridine rings is 1. The Hall–Kier alpha value is -4.35. The Bertz CT molecular complexity index is 1900. The fraction of sp³-hybridized carbons (Fsp3) is 0. The van der Waals surface area contributed by atoms with Gasteiger partial charge in [-0.2, -0.15) is 0 Å². The third-order valence-electron chi connectivity index (χ3n) is 6.73. The third-order valence-corrected chi connectivity index (χ3v) is 6.73. The van der Waals surface area contributed by atoms with Crippen LogP contribution in [0.2, 0.25) is 0 Å². The summed E-state index contributed by atoms with van der Waals surface area (Å²) in [5.41, 5.74) is 8.13. The first kappa shape index (κ1) is 24.0. The van der Waals surface area contributed by atoms with Crippen molar-refractivity contribution in [2.24, 2.45) is 0 Å². The molecule has 0 saturated heterocycles. The SMILES string of the molecule is Oc1ccccc1-c1ccc(-c2cccc(-c3[c-]cc4c(c3)c3ccccc3n4-c3ccccc3)n2)[n-]1.[Au]. The van der Waals surface area contributed by atoms with Crippen LogP contribution in [0.15, 0.2) is 121 Å². The maximum Gasteiger partial charge on any atom is 0.121 e. The molecule has 4 aromatic carbocycles. The number of hydrogen-bond donors (Lipinski definition) is 1. The average Bonchev–Trinajstić information content (AvgIpc) is 3.57. The molecule has 7 aromatic rings. The molecule has 1 radical (unpaired) electrons. The van der Waals surface area contributed by atoms with Crippen LogP contribution in [-0.2, 0) is 22.4 Å². The molecule has 0 saturated carbocycles. The van der Waals surface area contributed by atoms with Crippen molar-refractivity contribution in [2.45, 2.75) is 0 Å². The summed E-state index contributed by atoms with van der Waals surface area (Å²) in [5.74, 6) is 0.214. The Kier molecular flexibility index (Phi) is 6.22. The molecule has 0 aliphatic carbocycles. The predicted molar refractivity (Wildman–Crippen MR) is 149 cm³/mol. The molecular weight excluding hydrogens is 651 g/mol. The summed E-state index contributed by atoms with van der Waals surface area (Å²) in [6.07, 6.45) is 0. The van der Waals surface area contributed by atoms with Gasteiger partial charge in [0.15, 0.2) is 0 Å². The van der Waals surface area contributed by atoms with E-state index in [0.29, 0.717) is 5.56 Å². The number of phenols is 1. The summed E-state index contributed by atoms with van der Waals surface area (Å²) in [6, 6.07) is 43.6. The average molecular weight is 673 g/mol. The molecule has 0 unspecified atom stereocenters. The monoisotopic (exact) mass is 672 g/mol. The van der Waals surface area contributed by atoms with E-state index in [9.17, 15) is 5.11 Å². The molecule has 7 rings (SSSR count). The van der Waals surface area contributed by atoms with E-state index in [1.165, 1.54) is 5.39 Å². The molecule has 187 valence electrons. The summed E-state index contributed by atoms with van der Waals surface area (Å²) >= 11 is 0. The maximum absolute atomic E-state index is 10.2. The van der Waals surface area contributed by atoms with E-state index >= 15 is 0 Å². The van der Waals surface area contributed by atoms with Gasteiger partial charge < -0.3 is 14.7 Å². The number of fused-ring (bicyclic) bond motifs is 3. The Morgan fingerprint density at radius 3 is 2.26 bits per heavy atom. The van der Waals surface area contributed by atoms with Crippen LogP contribution < -0.4 is 4.98 Å². The van der Waals surface area contributed by atoms with Crippen molar-refractivity contribution in [3.63, 3.8) is 0 Å². The number of para-hydroxylation sites is 3. The number of aromatic hydroxyl groups is 1. The second-order valence-corrected chi connectivity index (χ2v) is 8.97. The van der Waals surface area contributed by atoms with Gasteiger partial charge >= 0.3 is 0 Å². The van der Waals surface area contributed by atoms with Gasteiger partial charge in [0.2, 0.25) is 0 Å². The van der Waals surface area contributed by atoms with E-state index in [2.05, 4.69) is 71.3 Å². The molecule has 4 nitrogen and oxygen atoms in total. The Balaban J connectivity index is 0.00000264. The van der Waals surface area contributed by atoms with Gasteiger partial charge in [-0.25, -0.2) is 0 Å². The van der Waals surface area contributed by atoms with Gasteiger partial charge in [-0.1, -0.05) is 84.2 Å². The van der Waals surface area contributed by atoms with Gasteiger partial charge in [-0.15, -0.1) is 35.2 Å². The molecule has 3 aromatic heterocycles. The molecule has 0 aliphatic heterocycles. The van der Waals surface area contributed by atoms with Crippen LogP contribution in [0.3, 0.4) is 0 Å². The summed E-state index contributed by atoms with van der Waals surface area (Å²) in [4.78, 5) is 9.67. The number of aromatic nitrogens is 3. The van der Waals surface area contributed by atoms with Crippen LogP contribution >= 0.6 is 0 Å². The number of benzene rings is 4. The van der Waals surface area contributed by atoms with Gasteiger partial charge in [0, 0.05) is 44.8 Å². The maximum atomic E-state index is 10.2. The summed E-state index contributed by atoms with van der Waals surface area (Å²) in [6.45, 7) is 0. The predicted octanol–water partition coefficient (Wildman–Crippen LogP) is 7.64. The topological polar surface area (TPSA) is 52.1 Å².